The lowest BCUT2D eigenvalue weighted by atomic mass is 9.91. The molecule has 2 amide bonds. The molecule has 36 heavy (non-hydrogen) atoms. The van der Waals surface area contributed by atoms with Crippen LogP contribution in [0.3, 0.4) is 0 Å². The predicted molar refractivity (Wildman–Crippen MR) is 131 cm³/mol. The van der Waals surface area contributed by atoms with Crippen molar-refractivity contribution in [3.05, 3.63) is 87.0 Å². The first-order valence-electron chi connectivity index (χ1n) is 11.6. The van der Waals surface area contributed by atoms with E-state index >= 15 is 0 Å². The van der Waals surface area contributed by atoms with Gasteiger partial charge in [0, 0.05) is 25.6 Å². The highest BCUT2D eigenvalue weighted by molar-refractivity contribution is 5.85. The second kappa shape index (κ2) is 10.6. The highest BCUT2D eigenvalue weighted by Gasteiger charge is 2.27. The fourth-order valence-electron chi connectivity index (χ4n) is 4.39. The van der Waals surface area contributed by atoms with Gasteiger partial charge in [0.1, 0.15) is 5.76 Å². The van der Waals surface area contributed by atoms with E-state index in [1.165, 1.54) is 24.8 Å². The Morgan fingerprint density at radius 1 is 1.14 bits per heavy atom. The van der Waals surface area contributed by atoms with E-state index in [4.69, 9.17) is 9.15 Å². The Balaban J connectivity index is 1.51. The van der Waals surface area contributed by atoms with Crippen molar-refractivity contribution in [2.24, 2.45) is 0 Å². The van der Waals surface area contributed by atoms with Crippen LogP contribution in [0.5, 0.6) is 17.2 Å². The van der Waals surface area contributed by atoms with Crippen LogP contribution in [0.2, 0.25) is 0 Å². The van der Waals surface area contributed by atoms with Crippen molar-refractivity contribution in [3.8, 4) is 17.2 Å². The molecule has 1 aliphatic heterocycles. The second-order valence-corrected chi connectivity index (χ2v) is 8.73. The van der Waals surface area contributed by atoms with Crippen molar-refractivity contribution in [2.45, 2.75) is 32.2 Å². The highest BCUT2D eigenvalue weighted by atomic mass is 16.5. The maximum absolute atomic E-state index is 12.9. The van der Waals surface area contributed by atoms with Crippen LogP contribution in [-0.2, 0) is 22.6 Å². The summed E-state index contributed by atoms with van der Waals surface area (Å²) in [6.07, 6.45) is 0.538. The number of rotatable bonds is 7. The smallest absolute Gasteiger partial charge is 0.242 e. The molecule has 0 radical (unpaired) electrons. The number of methoxy groups -OCH3 is 1. The van der Waals surface area contributed by atoms with Gasteiger partial charge in [-0.15, -0.1) is 0 Å². The maximum atomic E-state index is 12.9. The van der Waals surface area contributed by atoms with Crippen LogP contribution in [0.1, 0.15) is 40.5 Å². The fourth-order valence-corrected chi connectivity index (χ4v) is 4.39. The molecule has 2 heterocycles. The highest BCUT2D eigenvalue weighted by Crippen LogP contribution is 2.37. The van der Waals surface area contributed by atoms with Gasteiger partial charge in [0.15, 0.2) is 17.3 Å². The van der Waals surface area contributed by atoms with Gasteiger partial charge in [-0.25, -0.2) is 0 Å². The van der Waals surface area contributed by atoms with Crippen LogP contribution in [-0.4, -0.2) is 47.1 Å². The zero-order valence-corrected chi connectivity index (χ0v) is 20.1. The summed E-state index contributed by atoms with van der Waals surface area (Å²) in [4.78, 5) is 39.6. The molecule has 0 saturated carbocycles. The Morgan fingerprint density at radius 3 is 2.64 bits per heavy atom. The van der Waals surface area contributed by atoms with Crippen LogP contribution < -0.4 is 15.5 Å². The summed E-state index contributed by atoms with van der Waals surface area (Å²) in [7, 11) is 1.38. The average Bonchev–Trinajstić information content (AvgIpc) is 2.88. The van der Waals surface area contributed by atoms with Crippen molar-refractivity contribution in [1.29, 1.82) is 0 Å². The SMILES string of the molecule is COc1cc(C(CC(=O)NCC(=O)N2CCc3ccccc3C2)c2oc(C)cc(=O)c2O)ccc1O. The molecular weight excluding hydrogens is 464 g/mol. The molecule has 0 fully saturated rings. The molecule has 188 valence electrons. The quantitative estimate of drug-likeness (QED) is 0.462. The van der Waals surface area contributed by atoms with Gasteiger partial charge >= 0.3 is 0 Å². The van der Waals surface area contributed by atoms with Gasteiger partial charge in [0.25, 0.3) is 0 Å². The summed E-state index contributed by atoms with van der Waals surface area (Å²) in [5, 5.41) is 23.1. The van der Waals surface area contributed by atoms with E-state index in [9.17, 15) is 24.6 Å². The number of hydrogen-bond acceptors (Lipinski definition) is 7. The first-order chi connectivity index (χ1) is 17.3. The number of nitrogens with zero attached hydrogens (tertiary/aromatic N) is 1. The van der Waals surface area contributed by atoms with E-state index in [1.54, 1.807) is 17.9 Å². The van der Waals surface area contributed by atoms with Crippen molar-refractivity contribution >= 4 is 11.8 Å². The van der Waals surface area contributed by atoms with E-state index in [1.807, 2.05) is 18.2 Å². The summed E-state index contributed by atoms with van der Waals surface area (Å²) in [5.74, 6) is -1.91. The molecule has 3 aromatic rings. The van der Waals surface area contributed by atoms with Crippen LogP contribution in [0.4, 0.5) is 0 Å². The summed E-state index contributed by atoms with van der Waals surface area (Å²) < 4.78 is 10.8. The van der Waals surface area contributed by atoms with Crippen LogP contribution in [0.25, 0.3) is 0 Å². The molecule has 0 saturated heterocycles. The Morgan fingerprint density at radius 2 is 1.89 bits per heavy atom. The molecule has 1 atom stereocenters. The number of aryl methyl sites for hydroxylation is 1. The van der Waals surface area contributed by atoms with Crippen molar-refractivity contribution < 1.29 is 29.0 Å². The van der Waals surface area contributed by atoms with Crippen LogP contribution in [0.15, 0.2) is 57.7 Å². The Labute approximate surface area is 207 Å². The number of carbonyl (C=O) groups is 2. The van der Waals surface area contributed by atoms with Gasteiger partial charge in [0.2, 0.25) is 23.0 Å². The largest absolute Gasteiger partial charge is 0.504 e. The number of ether oxygens (including phenoxy) is 1. The molecule has 1 unspecified atom stereocenters. The average molecular weight is 493 g/mol. The molecule has 9 nitrogen and oxygen atoms in total. The van der Waals surface area contributed by atoms with E-state index in [0.717, 1.165) is 18.1 Å². The van der Waals surface area contributed by atoms with Gasteiger partial charge < -0.3 is 29.6 Å². The van der Waals surface area contributed by atoms with Crippen molar-refractivity contribution in [2.75, 3.05) is 20.2 Å². The minimum atomic E-state index is -0.871. The third-order valence-corrected chi connectivity index (χ3v) is 6.30. The number of carbonyl (C=O) groups excluding carboxylic acids is 2. The number of fused-ring (bicyclic) bond motifs is 1. The molecule has 1 aromatic heterocycles. The number of hydrogen-bond donors (Lipinski definition) is 3. The summed E-state index contributed by atoms with van der Waals surface area (Å²) in [6, 6.07) is 13.6. The summed E-state index contributed by atoms with van der Waals surface area (Å²) in [6.45, 7) is 2.44. The molecule has 0 bridgehead atoms. The van der Waals surface area contributed by atoms with Gasteiger partial charge in [-0.1, -0.05) is 30.3 Å². The first-order valence-corrected chi connectivity index (χ1v) is 11.6. The van der Waals surface area contributed by atoms with Gasteiger partial charge in [0.05, 0.1) is 19.6 Å². The van der Waals surface area contributed by atoms with E-state index in [-0.39, 0.29) is 41.9 Å². The lowest BCUT2D eigenvalue weighted by molar-refractivity contribution is -0.133. The first kappa shape index (κ1) is 24.8. The lowest BCUT2D eigenvalue weighted by Crippen LogP contribution is -2.42. The van der Waals surface area contributed by atoms with Crippen LogP contribution >= 0.6 is 0 Å². The zero-order valence-electron chi connectivity index (χ0n) is 20.1. The summed E-state index contributed by atoms with van der Waals surface area (Å²) >= 11 is 0. The minimum absolute atomic E-state index is 0.0816. The number of phenols is 1. The lowest BCUT2D eigenvalue weighted by Gasteiger charge is -2.29. The van der Waals surface area contributed by atoms with Gasteiger partial charge in [-0.3, -0.25) is 14.4 Å². The number of benzene rings is 2. The third-order valence-electron chi connectivity index (χ3n) is 6.30. The molecule has 0 aliphatic carbocycles. The van der Waals surface area contributed by atoms with Crippen molar-refractivity contribution in [3.63, 3.8) is 0 Å². The number of amides is 2. The normalized spacial score (nSPS) is 13.6. The number of phenolic OH excluding ortho intramolecular Hbond substituents is 1. The Bertz CT molecular complexity index is 1350. The molecule has 3 N–H and O–H groups in total. The van der Waals surface area contributed by atoms with Gasteiger partial charge in [-0.05, 0) is 42.2 Å². The standard InChI is InChI=1S/C27H28N2O7/c1-16-11-22(31)26(34)27(36-16)20(18-7-8-21(30)23(12-18)35-2)13-24(32)28-14-25(33)29-10-9-17-5-3-4-6-19(17)15-29/h3-8,11-12,20,30,34H,9-10,13-15H2,1-2H3,(H,28,32). The topological polar surface area (TPSA) is 129 Å². The number of aromatic hydroxyl groups is 2. The second-order valence-electron chi connectivity index (χ2n) is 8.73. The number of nitrogens with one attached hydrogen (secondary N) is 1. The molecule has 4 rings (SSSR count). The monoisotopic (exact) mass is 492 g/mol. The molecule has 2 aromatic carbocycles. The van der Waals surface area contributed by atoms with E-state index < -0.39 is 23.0 Å². The molecule has 1 aliphatic rings. The van der Waals surface area contributed by atoms with E-state index in [2.05, 4.69) is 11.4 Å². The van der Waals surface area contributed by atoms with Crippen LogP contribution in [0, 0.1) is 6.92 Å². The zero-order chi connectivity index (χ0) is 25.8. The maximum Gasteiger partial charge on any atom is 0.242 e. The predicted octanol–water partition coefficient (Wildman–Crippen LogP) is 2.59. The molecule has 9 heteroatoms. The van der Waals surface area contributed by atoms with Gasteiger partial charge in [-0.2, -0.15) is 0 Å². The Hall–Kier alpha value is -4.27. The van der Waals surface area contributed by atoms with E-state index in [0.29, 0.717) is 18.7 Å². The fraction of sp³-hybridized carbons (Fsp3) is 0.296. The molecular formula is C27H28N2O7. The Kier molecular flexibility index (Phi) is 7.28. The summed E-state index contributed by atoms with van der Waals surface area (Å²) in [5.41, 5.74) is 2.15. The third kappa shape index (κ3) is 5.35. The van der Waals surface area contributed by atoms with Crippen molar-refractivity contribution in [1.82, 2.24) is 10.2 Å². The minimum Gasteiger partial charge on any atom is -0.504 e. The molecule has 0 spiro atoms.